The smallest absolute Gasteiger partial charge is 0.321 e. The van der Waals surface area contributed by atoms with Crippen LogP contribution in [0.3, 0.4) is 0 Å². The zero-order valence-electron chi connectivity index (χ0n) is 11.1. The van der Waals surface area contributed by atoms with Gasteiger partial charge < -0.3 is 9.63 Å². The third kappa shape index (κ3) is 5.39. The molecule has 0 radical (unpaired) electrons. The van der Waals surface area contributed by atoms with Gasteiger partial charge in [0.1, 0.15) is 11.8 Å². The molecule has 108 valence electrons. The number of carbonyl (C=O) groups is 1. The molecule has 8 heteroatoms. The van der Waals surface area contributed by atoms with Crippen molar-refractivity contribution in [2.75, 3.05) is 0 Å². The van der Waals surface area contributed by atoms with Gasteiger partial charge in [0.15, 0.2) is 5.76 Å². The molecule has 2 N–H and O–H groups in total. The first-order valence-electron chi connectivity index (χ1n) is 5.84. The number of hydrogen-bond acceptors (Lipinski definition) is 5. The van der Waals surface area contributed by atoms with Crippen LogP contribution in [0.1, 0.15) is 31.7 Å². The molecule has 1 unspecified atom stereocenters. The number of rotatable bonds is 7. The number of nitrogens with one attached hydrogen (secondary N) is 1. The lowest BCUT2D eigenvalue weighted by atomic mass is 10.1. The molecule has 0 aliphatic heterocycles. The Labute approximate surface area is 112 Å². The maximum absolute atomic E-state index is 11.8. The second-order valence-electron chi connectivity index (χ2n) is 4.83. The van der Waals surface area contributed by atoms with Gasteiger partial charge in [-0.3, -0.25) is 4.79 Å². The van der Waals surface area contributed by atoms with Crippen molar-refractivity contribution in [2.45, 2.75) is 39.0 Å². The first-order valence-corrected chi connectivity index (χ1v) is 7.50. The summed E-state index contributed by atoms with van der Waals surface area (Å²) in [5.74, 6) is -1.36. The Hall–Kier alpha value is -1.41. The van der Waals surface area contributed by atoms with E-state index in [2.05, 4.69) is 9.88 Å². The van der Waals surface area contributed by atoms with Gasteiger partial charge in [0, 0.05) is 6.07 Å². The number of hydrogen-bond donors (Lipinski definition) is 2. The largest absolute Gasteiger partial charge is 0.480 e. The van der Waals surface area contributed by atoms with Gasteiger partial charge in [-0.2, -0.15) is 0 Å². The molecule has 1 heterocycles. The highest BCUT2D eigenvalue weighted by Crippen LogP contribution is 2.10. The fraction of sp³-hybridized carbons (Fsp3) is 0.636. The van der Waals surface area contributed by atoms with Crippen molar-refractivity contribution in [3.05, 3.63) is 17.5 Å². The number of nitrogens with zero attached hydrogens (tertiary/aromatic N) is 1. The van der Waals surface area contributed by atoms with Crippen molar-refractivity contribution in [3.63, 3.8) is 0 Å². The zero-order valence-corrected chi connectivity index (χ0v) is 11.9. The SMILES string of the molecule is Cc1cc(CS(=O)(=O)NC(CC(C)C)C(=O)O)on1. The summed E-state index contributed by atoms with van der Waals surface area (Å²) in [6, 6.07) is 0.367. The summed E-state index contributed by atoms with van der Waals surface area (Å²) in [4.78, 5) is 11.0. The predicted octanol–water partition coefficient (Wildman–Crippen LogP) is 0.902. The van der Waals surface area contributed by atoms with Gasteiger partial charge >= 0.3 is 5.97 Å². The molecule has 0 aliphatic carbocycles. The molecule has 0 saturated carbocycles. The van der Waals surface area contributed by atoms with Crippen molar-refractivity contribution >= 4 is 16.0 Å². The van der Waals surface area contributed by atoms with Crippen LogP contribution in [0.25, 0.3) is 0 Å². The van der Waals surface area contributed by atoms with Gasteiger partial charge in [0.2, 0.25) is 10.0 Å². The highest BCUT2D eigenvalue weighted by molar-refractivity contribution is 7.88. The molecule has 0 bridgehead atoms. The number of carboxylic acids is 1. The molecular weight excluding hydrogens is 272 g/mol. The van der Waals surface area contributed by atoms with Crippen LogP contribution in [-0.4, -0.2) is 30.7 Å². The summed E-state index contributed by atoms with van der Waals surface area (Å²) in [6.45, 7) is 5.32. The number of aliphatic carboxylic acids is 1. The minimum atomic E-state index is -3.78. The van der Waals surface area contributed by atoms with E-state index in [9.17, 15) is 13.2 Å². The minimum Gasteiger partial charge on any atom is -0.480 e. The fourth-order valence-corrected chi connectivity index (χ4v) is 2.83. The molecule has 7 nitrogen and oxygen atoms in total. The van der Waals surface area contributed by atoms with Crippen molar-refractivity contribution in [1.82, 2.24) is 9.88 Å². The van der Waals surface area contributed by atoms with Gasteiger partial charge in [-0.25, -0.2) is 13.1 Å². The average Bonchev–Trinajstić information content (AvgIpc) is 2.60. The van der Waals surface area contributed by atoms with E-state index in [-0.39, 0.29) is 18.1 Å². The molecule has 0 amide bonds. The molecule has 1 atom stereocenters. The van der Waals surface area contributed by atoms with E-state index >= 15 is 0 Å². The number of aryl methyl sites for hydroxylation is 1. The van der Waals surface area contributed by atoms with E-state index in [1.165, 1.54) is 6.07 Å². The van der Waals surface area contributed by atoms with Crippen molar-refractivity contribution < 1.29 is 22.8 Å². The monoisotopic (exact) mass is 290 g/mol. The van der Waals surface area contributed by atoms with Crippen molar-refractivity contribution in [1.29, 1.82) is 0 Å². The lowest BCUT2D eigenvalue weighted by Crippen LogP contribution is -2.42. The molecule has 0 aromatic carbocycles. The molecule has 0 saturated heterocycles. The summed E-state index contributed by atoms with van der Waals surface area (Å²) in [5, 5.41) is 12.6. The summed E-state index contributed by atoms with van der Waals surface area (Å²) in [5.41, 5.74) is 0.571. The zero-order chi connectivity index (χ0) is 14.6. The summed E-state index contributed by atoms with van der Waals surface area (Å²) in [6.07, 6.45) is 0.226. The molecule has 0 spiro atoms. The van der Waals surface area contributed by atoms with E-state index in [0.29, 0.717) is 5.69 Å². The van der Waals surface area contributed by atoms with Gasteiger partial charge in [0.05, 0.1) is 5.69 Å². The van der Waals surface area contributed by atoms with Crippen molar-refractivity contribution in [3.8, 4) is 0 Å². The van der Waals surface area contributed by atoms with Crippen LogP contribution in [0.15, 0.2) is 10.6 Å². The molecule has 19 heavy (non-hydrogen) atoms. The molecular formula is C11H18N2O5S. The second-order valence-corrected chi connectivity index (χ2v) is 6.59. The third-order valence-corrected chi connectivity index (χ3v) is 3.64. The number of carboxylic acid groups (broad SMARTS) is 1. The van der Waals surface area contributed by atoms with Gasteiger partial charge in [-0.15, -0.1) is 0 Å². The van der Waals surface area contributed by atoms with Crippen LogP contribution in [0.4, 0.5) is 0 Å². The Bertz CT molecular complexity index is 535. The number of aromatic nitrogens is 1. The van der Waals surface area contributed by atoms with E-state index < -0.39 is 27.8 Å². The highest BCUT2D eigenvalue weighted by atomic mass is 32.2. The Morgan fingerprint density at radius 3 is 2.58 bits per heavy atom. The molecule has 1 rings (SSSR count). The van der Waals surface area contributed by atoms with Gasteiger partial charge in [0.25, 0.3) is 0 Å². The van der Waals surface area contributed by atoms with Crippen molar-refractivity contribution in [2.24, 2.45) is 5.92 Å². The topological polar surface area (TPSA) is 110 Å². The summed E-state index contributed by atoms with van der Waals surface area (Å²) in [7, 11) is -3.78. The third-order valence-electron chi connectivity index (χ3n) is 2.34. The maximum atomic E-state index is 11.8. The van der Waals surface area contributed by atoms with Crippen LogP contribution < -0.4 is 4.72 Å². The van der Waals surface area contributed by atoms with E-state index in [0.717, 1.165) is 0 Å². The van der Waals surface area contributed by atoms with E-state index in [1.807, 2.05) is 13.8 Å². The average molecular weight is 290 g/mol. The van der Waals surface area contributed by atoms with Crippen LogP contribution in [-0.2, 0) is 20.6 Å². The lowest BCUT2D eigenvalue weighted by Gasteiger charge is -2.15. The first-order chi connectivity index (χ1) is 8.69. The maximum Gasteiger partial charge on any atom is 0.321 e. The molecule has 1 aromatic heterocycles. The van der Waals surface area contributed by atoms with E-state index in [4.69, 9.17) is 9.63 Å². The Morgan fingerprint density at radius 1 is 1.53 bits per heavy atom. The highest BCUT2D eigenvalue weighted by Gasteiger charge is 2.26. The van der Waals surface area contributed by atoms with Crippen LogP contribution in [0.5, 0.6) is 0 Å². The first kappa shape index (κ1) is 15.6. The minimum absolute atomic E-state index is 0.0660. The normalized spacial score (nSPS) is 13.7. The Balaban J connectivity index is 2.74. The molecule has 0 fully saturated rings. The lowest BCUT2D eigenvalue weighted by molar-refractivity contribution is -0.139. The quantitative estimate of drug-likeness (QED) is 0.772. The summed E-state index contributed by atoms with van der Waals surface area (Å²) >= 11 is 0. The van der Waals surface area contributed by atoms with E-state index in [1.54, 1.807) is 6.92 Å². The fourth-order valence-electron chi connectivity index (χ4n) is 1.60. The molecule has 0 aliphatic rings. The van der Waals surface area contributed by atoms with Crippen LogP contribution in [0, 0.1) is 12.8 Å². The van der Waals surface area contributed by atoms with Crippen LogP contribution in [0.2, 0.25) is 0 Å². The predicted molar refractivity (Wildman–Crippen MR) is 67.9 cm³/mol. The number of sulfonamides is 1. The van der Waals surface area contributed by atoms with Gasteiger partial charge in [-0.05, 0) is 19.3 Å². The van der Waals surface area contributed by atoms with Crippen LogP contribution >= 0.6 is 0 Å². The summed E-state index contributed by atoms with van der Waals surface area (Å²) < 4.78 is 30.7. The Kier molecular flexibility index (Phi) is 5.07. The second kappa shape index (κ2) is 6.16. The molecule has 1 aromatic rings. The standard InChI is InChI=1S/C11H18N2O5S/c1-7(2)4-10(11(14)15)13-19(16,17)6-9-5-8(3)12-18-9/h5,7,10,13H,4,6H2,1-3H3,(H,14,15). The Morgan fingerprint density at radius 2 is 2.16 bits per heavy atom. The van der Waals surface area contributed by atoms with Gasteiger partial charge in [-0.1, -0.05) is 19.0 Å².